The SMILES string of the molecule is CCOc1ccc(N2C(=O)C(=Cc3cc(Cl)cc(Br)c3O)C(=O)NC2=S)cc1. The summed E-state index contributed by atoms with van der Waals surface area (Å²) >= 11 is 14.3. The van der Waals surface area contributed by atoms with E-state index in [9.17, 15) is 14.7 Å². The largest absolute Gasteiger partial charge is 0.506 e. The van der Waals surface area contributed by atoms with Crippen molar-refractivity contribution < 1.29 is 19.4 Å². The fraction of sp³-hybridized carbons (Fsp3) is 0.105. The molecule has 1 saturated heterocycles. The van der Waals surface area contributed by atoms with E-state index in [1.807, 2.05) is 6.92 Å². The molecular formula is C19H14BrClN2O4S. The number of halogens is 2. The fourth-order valence-electron chi connectivity index (χ4n) is 2.60. The number of ether oxygens (including phenoxy) is 1. The van der Waals surface area contributed by atoms with Crippen LogP contribution in [-0.4, -0.2) is 28.6 Å². The van der Waals surface area contributed by atoms with Gasteiger partial charge in [-0.05, 0) is 77.5 Å². The number of aromatic hydroxyl groups is 1. The molecule has 9 heteroatoms. The number of carbonyl (C=O) groups is 2. The lowest BCUT2D eigenvalue weighted by atomic mass is 10.1. The molecule has 2 N–H and O–H groups in total. The summed E-state index contributed by atoms with van der Waals surface area (Å²) in [6, 6.07) is 9.69. The number of thiocarbonyl (C=S) groups is 1. The van der Waals surface area contributed by atoms with Gasteiger partial charge in [-0.1, -0.05) is 11.6 Å². The van der Waals surface area contributed by atoms with E-state index >= 15 is 0 Å². The van der Waals surface area contributed by atoms with Crippen LogP contribution in [0.25, 0.3) is 6.08 Å². The van der Waals surface area contributed by atoms with E-state index in [4.69, 9.17) is 28.6 Å². The standard InChI is InChI=1S/C19H14BrClN2O4S/c1-2-27-13-5-3-12(4-6-13)23-18(26)14(17(25)22-19(23)28)8-10-7-11(21)9-15(20)16(10)24/h3-9,24H,2H2,1H3,(H,22,25,28). The van der Waals surface area contributed by atoms with Gasteiger partial charge in [-0.2, -0.15) is 0 Å². The van der Waals surface area contributed by atoms with E-state index in [1.165, 1.54) is 23.1 Å². The molecule has 0 saturated carbocycles. The van der Waals surface area contributed by atoms with E-state index < -0.39 is 11.8 Å². The molecule has 0 bridgehead atoms. The molecule has 2 aromatic carbocycles. The topological polar surface area (TPSA) is 78.9 Å². The number of hydrogen-bond acceptors (Lipinski definition) is 5. The van der Waals surface area contributed by atoms with Crippen molar-refractivity contribution in [1.29, 1.82) is 0 Å². The average molecular weight is 482 g/mol. The van der Waals surface area contributed by atoms with Crippen molar-refractivity contribution in [3.05, 3.63) is 57.0 Å². The lowest BCUT2D eigenvalue weighted by Gasteiger charge is -2.29. The summed E-state index contributed by atoms with van der Waals surface area (Å²) in [5.41, 5.74) is 0.505. The number of nitrogens with one attached hydrogen (secondary N) is 1. The Hall–Kier alpha value is -2.42. The molecule has 0 radical (unpaired) electrons. The van der Waals surface area contributed by atoms with Crippen LogP contribution >= 0.6 is 39.7 Å². The molecule has 0 unspecified atom stereocenters. The third-order valence-electron chi connectivity index (χ3n) is 3.87. The van der Waals surface area contributed by atoms with Gasteiger partial charge in [0.15, 0.2) is 5.11 Å². The van der Waals surface area contributed by atoms with Gasteiger partial charge in [0, 0.05) is 10.6 Å². The molecule has 2 aromatic rings. The molecule has 0 aliphatic carbocycles. The molecule has 2 amide bonds. The second kappa shape index (κ2) is 8.30. The highest BCUT2D eigenvalue weighted by atomic mass is 79.9. The van der Waals surface area contributed by atoms with E-state index in [2.05, 4.69) is 21.2 Å². The van der Waals surface area contributed by atoms with E-state index in [1.54, 1.807) is 24.3 Å². The summed E-state index contributed by atoms with van der Waals surface area (Å²) in [6.45, 7) is 2.38. The van der Waals surface area contributed by atoms with Gasteiger partial charge in [0.1, 0.15) is 17.1 Å². The fourth-order valence-corrected chi connectivity index (χ4v) is 3.72. The van der Waals surface area contributed by atoms with Crippen LogP contribution < -0.4 is 15.0 Å². The number of benzene rings is 2. The normalized spacial score (nSPS) is 15.8. The third kappa shape index (κ3) is 4.04. The molecule has 1 aliphatic heterocycles. The maximum atomic E-state index is 13.0. The monoisotopic (exact) mass is 480 g/mol. The van der Waals surface area contributed by atoms with Crippen LogP contribution in [0.3, 0.4) is 0 Å². The number of nitrogens with zero attached hydrogens (tertiary/aromatic N) is 1. The maximum absolute atomic E-state index is 13.0. The molecule has 1 fully saturated rings. The Morgan fingerprint density at radius 1 is 1.29 bits per heavy atom. The number of rotatable bonds is 4. The second-order valence-corrected chi connectivity index (χ2v) is 7.39. The molecule has 1 heterocycles. The van der Waals surface area contributed by atoms with Crippen molar-refractivity contribution in [2.24, 2.45) is 0 Å². The highest BCUT2D eigenvalue weighted by molar-refractivity contribution is 9.10. The zero-order valence-corrected chi connectivity index (χ0v) is 17.7. The Morgan fingerprint density at radius 2 is 1.96 bits per heavy atom. The summed E-state index contributed by atoms with van der Waals surface area (Å²) in [5, 5.41) is 13.0. The number of anilines is 1. The van der Waals surface area contributed by atoms with Crippen LogP contribution in [0, 0.1) is 0 Å². The van der Waals surface area contributed by atoms with Crippen molar-refractivity contribution in [3.8, 4) is 11.5 Å². The highest BCUT2D eigenvalue weighted by Crippen LogP contribution is 2.33. The lowest BCUT2D eigenvalue weighted by Crippen LogP contribution is -2.54. The van der Waals surface area contributed by atoms with Crippen molar-refractivity contribution in [2.75, 3.05) is 11.5 Å². The third-order valence-corrected chi connectivity index (χ3v) is 4.97. The molecule has 3 rings (SSSR count). The summed E-state index contributed by atoms with van der Waals surface area (Å²) in [5.74, 6) is -0.769. The highest BCUT2D eigenvalue weighted by Gasteiger charge is 2.34. The number of phenols is 1. The minimum atomic E-state index is -0.660. The Kier molecular flexibility index (Phi) is 6.02. The minimum Gasteiger partial charge on any atom is -0.506 e. The minimum absolute atomic E-state index is 0.0344. The predicted molar refractivity (Wildman–Crippen MR) is 115 cm³/mol. The van der Waals surface area contributed by atoms with Gasteiger partial charge in [0.2, 0.25) is 0 Å². The maximum Gasteiger partial charge on any atom is 0.270 e. The van der Waals surface area contributed by atoms with E-state index in [0.717, 1.165) is 0 Å². The van der Waals surface area contributed by atoms with Crippen molar-refractivity contribution >= 4 is 68.4 Å². The molecule has 0 spiro atoms. The van der Waals surface area contributed by atoms with Gasteiger partial charge in [-0.25, -0.2) is 0 Å². The molecule has 1 aliphatic rings. The first kappa shape index (κ1) is 20.3. The number of hydrogen-bond donors (Lipinski definition) is 2. The quantitative estimate of drug-likeness (QED) is 0.391. The molecule has 6 nitrogen and oxygen atoms in total. The predicted octanol–water partition coefficient (Wildman–Crippen LogP) is 4.04. The van der Waals surface area contributed by atoms with Crippen LogP contribution in [0.2, 0.25) is 5.02 Å². The Labute approximate surface area is 179 Å². The lowest BCUT2D eigenvalue weighted by molar-refractivity contribution is -0.122. The zero-order chi connectivity index (χ0) is 20.4. The van der Waals surface area contributed by atoms with Crippen LogP contribution in [0.15, 0.2) is 46.4 Å². The number of carbonyl (C=O) groups excluding carboxylic acids is 2. The van der Waals surface area contributed by atoms with E-state index in [0.29, 0.717) is 27.5 Å². The summed E-state index contributed by atoms with van der Waals surface area (Å²) < 4.78 is 5.73. The summed E-state index contributed by atoms with van der Waals surface area (Å²) in [4.78, 5) is 26.6. The molecular weight excluding hydrogens is 468 g/mol. The van der Waals surface area contributed by atoms with Crippen LogP contribution in [0.4, 0.5) is 5.69 Å². The van der Waals surface area contributed by atoms with Gasteiger partial charge in [0.05, 0.1) is 16.8 Å². The first-order chi connectivity index (χ1) is 13.3. The number of phenolic OH excluding ortho intramolecular Hbond substituents is 1. The van der Waals surface area contributed by atoms with Crippen molar-refractivity contribution in [1.82, 2.24) is 5.32 Å². The van der Waals surface area contributed by atoms with Gasteiger partial charge < -0.3 is 9.84 Å². The van der Waals surface area contributed by atoms with Gasteiger partial charge in [0.25, 0.3) is 11.8 Å². The van der Waals surface area contributed by atoms with Crippen LogP contribution in [-0.2, 0) is 9.59 Å². The first-order valence-electron chi connectivity index (χ1n) is 8.14. The second-order valence-electron chi connectivity index (χ2n) is 5.71. The average Bonchev–Trinajstić information content (AvgIpc) is 2.64. The van der Waals surface area contributed by atoms with Gasteiger partial charge >= 0.3 is 0 Å². The smallest absolute Gasteiger partial charge is 0.270 e. The van der Waals surface area contributed by atoms with Crippen molar-refractivity contribution in [2.45, 2.75) is 6.92 Å². The summed E-state index contributed by atoms with van der Waals surface area (Å²) in [6.07, 6.45) is 1.27. The van der Waals surface area contributed by atoms with Gasteiger partial charge in [-0.15, -0.1) is 0 Å². The zero-order valence-electron chi connectivity index (χ0n) is 14.5. The molecule has 28 heavy (non-hydrogen) atoms. The van der Waals surface area contributed by atoms with Crippen molar-refractivity contribution in [3.63, 3.8) is 0 Å². The molecule has 144 valence electrons. The van der Waals surface area contributed by atoms with Crippen LogP contribution in [0.5, 0.6) is 11.5 Å². The first-order valence-corrected chi connectivity index (χ1v) is 9.72. The van der Waals surface area contributed by atoms with Crippen LogP contribution in [0.1, 0.15) is 12.5 Å². The summed E-state index contributed by atoms with van der Waals surface area (Å²) in [7, 11) is 0. The molecule has 0 aromatic heterocycles. The van der Waals surface area contributed by atoms with E-state index in [-0.39, 0.29) is 22.0 Å². The Morgan fingerprint density at radius 3 is 2.61 bits per heavy atom. The molecule has 0 atom stereocenters. The number of amides is 2. The van der Waals surface area contributed by atoms with Gasteiger partial charge in [-0.3, -0.25) is 19.8 Å². The Balaban J connectivity index is 2.01. The Bertz CT molecular complexity index is 1010.